The van der Waals surface area contributed by atoms with Gasteiger partial charge in [-0.05, 0) is 12.1 Å². The molecule has 2 aromatic heterocycles. The van der Waals surface area contributed by atoms with E-state index in [-0.39, 0.29) is 0 Å². The number of hydrogen-bond acceptors (Lipinski definition) is 3. The number of methoxy groups -OCH3 is 1. The van der Waals surface area contributed by atoms with Crippen LogP contribution in [0.5, 0.6) is 5.75 Å². The molecule has 0 amide bonds. The van der Waals surface area contributed by atoms with E-state index >= 15 is 0 Å². The first-order chi connectivity index (χ1) is 6.83. The average molecular weight is 210 g/mol. The van der Waals surface area contributed by atoms with Crippen LogP contribution in [-0.4, -0.2) is 21.9 Å². The molecule has 0 saturated carbocycles. The van der Waals surface area contributed by atoms with Crippen LogP contribution in [0.3, 0.4) is 0 Å². The summed E-state index contributed by atoms with van der Waals surface area (Å²) in [6.45, 7) is 0. The number of hydrogen-bond donors (Lipinski definition) is 0. The Hall–Kier alpha value is -1.55. The lowest BCUT2D eigenvalue weighted by Gasteiger charge is -2.01. The Morgan fingerprint density at radius 1 is 1.36 bits per heavy atom. The monoisotopic (exact) mass is 209 g/mol. The molecule has 0 unspecified atom stereocenters. The minimum Gasteiger partial charge on any atom is -0.492 e. The Balaban J connectivity index is 2.48. The molecule has 0 aromatic carbocycles. The van der Waals surface area contributed by atoms with Crippen LogP contribution < -0.4 is 4.74 Å². The first-order valence-electron chi connectivity index (χ1n) is 4.01. The van der Waals surface area contributed by atoms with Gasteiger partial charge in [-0.3, -0.25) is 4.98 Å². The third-order valence-electron chi connectivity index (χ3n) is 1.81. The molecule has 0 atom stereocenters. The summed E-state index contributed by atoms with van der Waals surface area (Å²) in [5.41, 5.74) is 0.855. The van der Waals surface area contributed by atoms with Gasteiger partial charge in [-0.2, -0.15) is 5.10 Å². The summed E-state index contributed by atoms with van der Waals surface area (Å²) in [6.07, 6.45) is 4.93. The van der Waals surface area contributed by atoms with Gasteiger partial charge in [0.1, 0.15) is 0 Å². The molecule has 0 bridgehead atoms. The minimum absolute atomic E-state index is 0.457. The highest BCUT2D eigenvalue weighted by molar-refractivity contribution is 6.31. The summed E-state index contributed by atoms with van der Waals surface area (Å²) in [5, 5.41) is 4.55. The zero-order chi connectivity index (χ0) is 9.97. The van der Waals surface area contributed by atoms with E-state index < -0.39 is 0 Å². The van der Waals surface area contributed by atoms with Gasteiger partial charge < -0.3 is 4.74 Å². The highest BCUT2D eigenvalue weighted by Gasteiger charge is 2.09. The fourth-order valence-electron chi connectivity index (χ4n) is 1.12. The van der Waals surface area contributed by atoms with Crippen LogP contribution >= 0.6 is 11.6 Å². The van der Waals surface area contributed by atoms with Gasteiger partial charge in [-0.15, -0.1) is 0 Å². The number of rotatable bonds is 2. The lowest BCUT2D eigenvalue weighted by molar-refractivity contribution is 0.415. The SMILES string of the molecule is COc1cnn(-c2ccncc2)c1Cl. The van der Waals surface area contributed by atoms with Crippen LogP contribution in [-0.2, 0) is 0 Å². The van der Waals surface area contributed by atoms with E-state index in [1.165, 1.54) is 0 Å². The van der Waals surface area contributed by atoms with Crippen molar-refractivity contribution >= 4 is 11.6 Å². The van der Waals surface area contributed by atoms with Crippen molar-refractivity contribution in [3.8, 4) is 11.4 Å². The Bertz CT molecular complexity index is 427. The quantitative estimate of drug-likeness (QED) is 0.759. The van der Waals surface area contributed by atoms with E-state index in [1.54, 1.807) is 30.4 Å². The molecule has 4 nitrogen and oxygen atoms in total. The Morgan fingerprint density at radius 2 is 2.07 bits per heavy atom. The van der Waals surface area contributed by atoms with Crippen molar-refractivity contribution in [3.05, 3.63) is 35.9 Å². The molecular formula is C9H8ClN3O. The van der Waals surface area contributed by atoms with Gasteiger partial charge in [0.15, 0.2) is 10.9 Å². The molecule has 14 heavy (non-hydrogen) atoms. The molecular weight excluding hydrogens is 202 g/mol. The summed E-state index contributed by atoms with van der Waals surface area (Å²) in [6, 6.07) is 3.64. The van der Waals surface area contributed by atoms with Crippen molar-refractivity contribution in [2.24, 2.45) is 0 Å². The lowest BCUT2D eigenvalue weighted by Crippen LogP contribution is -1.95. The van der Waals surface area contributed by atoms with Gasteiger partial charge in [0, 0.05) is 12.4 Å². The molecule has 0 aliphatic carbocycles. The second-order valence-electron chi connectivity index (χ2n) is 2.62. The molecule has 0 spiro atoms. The molecule has 5 heteroatoms. The first kappa shape index (κ1) is 9.02. The first-order valence-corrected chi connectivity index (χ1v) is 4.38. The second-order valence-corrected chi connectivity index (χ2v) is 2.98. The van der Waals surface area contributed by atoms with Crippen molar-refractivity contribution in [3.63, 3.8) is 0 Å². The predicted octanol–water partition coefficient (Wildman–Crippen LogP) is 1.93. The molecule has 0 radical (unpaired) electrons. The summed E-state index contributed by atoms with van der Waals surface area (Å²) >= 11 is 6.01. The van der Waals surface area contributed by atoms with E-state index in [0.29, 0.717) is 10.9 Å². The largest absolute Gasteiger partial charge is 0.492 e. The molecule has 2 aromatic rings. The van der Waals surface area contributed by atoms with Crippen LogP contribution in [0.25, 0.3) is 5.69 Å². The maximum Gasteiger partial charge on any atom is 0.176 e. The van der Waals surface area contributed by atoms with Crippen molar-refractivity contribution in [1.29, 1.82) is 0 Å². The zero-order valence-electron chi connectivity index (χ0n) is 7.51. The molecule has 0 N–H and O–H groups in total. The number of nitrogens with zero attached hydrogens (tertiary/aromatic N) is 3. The third-order valence-corrected chi connectivity index (χ3v) is 2.15. The van der Waals surface area contributed by atoms with Crippen molar-refractivity contribution in [1.82, 2.24) is 14.8 Å². The topological polar surface area (TPSA) is 39.9 Å². The molecule has 0 aliphatic rings. The summed E-state index contributed by atoms with van der Waals surface area (Å²) in [7, 11) is 1.56. The van der Waals surface area contributed by atoms with Gasteiger partial charge in [0.25, 0.3) is 0 Å². The maximum absolute atomic E-state index is 6.01. The fourth-order valence-corrected chi connectivity index (χ4v) is 1.39. The summed E-state index contributed by atoms with van der Waals surface area (Å²) < 4.78 is 6.60. The molecule has 2 heterocycles. The van der Waals surface area contributed by atoms with Crippen LogP contribution in [0, 0.1) is 0 Å². The number of aromatic nitrogens is 3. The van der Waals surface area contributed by atoms with Crippen molar-refractivity contribution in [2.75, 3.05) is 7.11 Å². The van der Waals surface area contributed by atoms with E-state index in [2.05, 4.69) is 10.1 Å². The average Bonchev–Trinajstić information content (AvgIpc) is 2.61. The standard InChI is InChI=1S/C9H8ClN3O/c1-14-8-6-12-13(9(8)10)7-2-4-11-5-3-7/h2-6H,1H3. The second kappa shape index (κ2) is 3.67. The highest BCUT2D eigenvalue weighted by atomic mass is 35.5. The van der Waals surface area contributed by atoms with Crippen molar-refractivity contribution in [2.45, 2.75) is 0 Å². The summed E-state index contributed by atoms with van der Waals surface area (Å²) in [5.74, 6) is 0.559. The van der Waals surface area contributed by atoms with E-state index in [9.17, 15) is 0 Å². The Morgan fingerprint density at radius 3 is 2.64 bits per heavy atom. The van der Waals surface area contributed by atoms with Crippen molar-refractivity contribution < 1.29 is 4.74 Å². The Labute approximate surface area is 86.1 Å². The van der Waals surface area contributed by atoms with Crippen LogP contribution in [0.2, 0.25) is 5.15 Å². The van der Waals surface area contributed by atoms with E-state index in [1.807, 2.05) is 12.1 Å². The van der Waals surface area contributed by atoms with Crippen LogP contribution in [0.15, 0.2) is 30.7 Å². The molecule has 0 fully saturated rings. The van der Waals surface area contributed by atoms with Gasteiger partial charge in [-0.25, -0.2) is 4.68 Å². The number of pyridine rings is 1. The third kappa shape index (κ3) is 1.44. The predicted molar refractivity (Wildman–Crippen MR) is 52.9 cm³/mol. The van der Waals surface area contributed by atoms with Crippen LogP contribution in [0.4, 0.5) is 0 Å². The maximum atomic E-state index is 6.01. The Kier molecular flexibility index (Phi) is 2.37. The number of ether oxygens (including phenoxy) is 1. The van der Waals surface area contributed by atoms with Gasteiger partial charge in [0.05, 0.1) is 19.0 Å². The molecule has 72 valence electrons. The van der Waals surface area contributed by atoms with E-state index in [0.717, 1.165) is 5.69 Å². The highest BCUT2D eigenvalue weighted by Crippen LogP contribution is 2.25. The normalized spacial score (nSPS) is 10.1. The van der Waals surface area contributed by atoms with E-state index in [4.69, 9.17) is 16.3 Å². The fraction of sp³-hybridized carbons (Fsp3) is 0.111. The minimum atomic E-state index is 0.457. The van der Waals surface area contributed by atoms with Crippen LogP contribution in [0.1, 0.15) is 0 Å². The molecule has 0 saturated heterocycles. The molecule has 2 rings (SSSR count). The van der Waals surface area contributed by atoms with Gasteiger partial charge in [-0.1, -0.05) is 11.6 Å². The molecule has 0 aliphatic heterocycles. The summed E-state index contributed by atoms with van der Waals surface area (Å²) in [4.78, 5) is 3.91. The zero-order valence-corrected chi connectivity index (χ0v) is 8.27. The van der Waals surface area contributed by atoms with Gasteiger partial charge >= 0.3 is 0 Å². The van der Waals surface area contributed by atoms with Gasteiger partial charge in [0.2, 0.25) is 0 Å². The number of halogens is 1. The lowest BCUT2D eigenvalue weighted by atomic mass is 10.4. The smallest absolute Gasteiger partial charge is 0.176 e.